The van der Waals surface area contributed by atoms with Crippen molar-refractivity contribution in [2.75, 3.05) is 18.2 Å². The van der Waals surface area contributed by atoms with Crippen LogP contribution in [0.15, 0.2) is 46.9 Å². The Morgan fingerprint density at radius 3 is 2.74 bits per heavy atom. The van der Waals surface area contributed by atoms with Crippen LogP contribution in [0.2, 0.25) is 0 Å². The number of carbonyl (C=O) groups is 2. The molecular weight excluding hydrogens is 384 g/mol. The molecule has 1 aromatic carbocycles. The Balaban J connectivity index is 1.68. The van der Waals surface area contributed by atoms with Crippen molar-refractivity contribution in [1.29, 1.82) is 0 Å². The van der Waals surface area contributed by atoms with Crippen LogP contribution >= 0.6 is 23.1 Å². The van der Waals surface area contributed by atoms with Crippen LogP contribution in [0.4, 0.5) is 5.69 Å². The number of methoxy groups -OCH3 is 1. The molecule has 1 N–H and O–H groups in total. The number of hydrogen-bond donors (Lipinski definition) is 1. The minimum atomic E-state index is -0.495. The lowest BCUT2D eigenvalue weighted by Crippen LogP contribution is -2.17. The summed E-state index contributed by atoms with van der Waals surface area (Å²) in [7, 11) is 1.31. The molecule has 0 aliphatic carbocycles. The maximum Gasteiger partial charge on any atom is 0.339 e. The summed E-state index contributed by atoms with van der Waals surface area (Å²) in [6.07, 6.45) is 0. The fourth-order valence-corrected chi connectivity index (χ4v) is 3.98. The fourth-order valence-electron chi connectivity index (χ4n) is 2.47. The minimum Gasteiger partial charge on any atom is -0.465 e. The largest absolute Gasteiger partial charge is 0.465 e. The van der Waals surface area contributed by atoms with Gasteiger partial charge in [-0.15, -0.1) is 21.5 Å². The van der Waals surface area contributed by atoms with Gasteiger partial charge in [-0.2, -0.15) is 0 Å². The van der Waals surface area contributed by atoms with E-state index in [0.717, 1.165) is 10.7 Å². The van der Waals surface area contributed by atoms with Crippen LogP contribution in [0.5, 0.6) is 0 Å². The first kappa shape index (κ1) is 19.1. The number of rotatable bonds is 7. The quantitative estimate of drug-likeness (QED) is 0.480. The molecule has 0 aliphatic heterocycles. The Hall–Kier alpha value is -2.65. The number of thioether (sulfide) groups is 1. The molecule has 0 bridgehead atoms. The van der Waals surface area contributed by atoms with E-state index in [1.54, 1.807) is 35.6 Å². The summed E-state index contributed by atoms with van der Waals surface area (Å²) in [5, 5.41) is 13.9. The number of benzene rings is 1. The number of nitrogens with one attached hydrogen (secondary N) is 1. The highest BCUT2D eigenvalue weighted by Gasteiger charge is 2.17. The van der Waals surface area contributed by atoms with Crippen LogP contribution in [0.3, 0.4) is 0 Å². The molecule has 7 nitrogen and oxygen atoms in total. The molecule has 0 radical (unpaired) electrons. The number of hydrogen-bond acceptors (Lipinski definition) is 7. The van der Waals surface area contributed by atoms with Crippen molar-refractivity contribution in [3.8, 4) is 10.7 Å². The standard InChI is InChI=1S/C18H18N4O3S2/c1-3-22-16(14-9-6-10-26-14)20-21-18(22)27-11-15(23)19-13-8-5-4-7-12(13)17(24)25-2/h4-10H,3,11H2,1-2H3,(H,19,23). The van der Waals surface area contributed by atoms with Gasteiger partial charge in [0.1, 0.15) is 0 Å². The van der Waals surface area contributed by atoms with Crippen molar-refractivity contribution in [2.45, 2.75) is 18.6 Å². The van der Waals surface area contributed by atoms with Gasteiger partial charge >= 0.3 is 5.97 Å². The molecule has 0 aliphatic rings. The summed E-state index contributed by atoms with van der Waals surface area (Å²) in [5.74, 6) is 0.217. The average Bonchev–Trinajstić information content (AvgIpc) is 3.35. The minimum absolute atomic E-state index is 0.151. The average molecular weight is 403 g/mol. The van der Waals surface area contributed by atoms with Gasteiger partial charge < -0.3 is 14.6 Å². The lowest BCUT2D eigenvalue weighted by atomic mass is 10.2. The van der Waals surface area contributed by atoms with Crippen LogP contribution in [0.1, 0.15) is 17.3 Å². The predicted molar refractivity (Wildman–Crippen MR) is 106 cm³/mol. The Labute approximate surface area is 164 Å². The molecular formula is C18H18N4O3S2. The monoisotopic (exact) mass is 402 g/mol. The molecule has 2 heterocycles. The third kappa shape index (κ3) is 4.37. The van der Waals surface area contributed by atoms with E-state index in [9.17, 15) is 9.59 Å². The molecule has 2 aromatic heterocycles. The highest BCUT2D eigenvalue weighted by molar-refractivity contribution is 7.99. The van der Waals surface area contributed by atoms with Crippen molar-refractivity contribution in [1.82, 2.24) is 14.8 Å². The molecule has 9 heteroatoms. The summed E-state index contributed by atoms with van der Waals surface area (Å²) in [5.41, 5.74) is 0.737. The summed E-state index contributed by atoms with van der Waals surface area (Å²) in [6.45, 7) is 2.71. The Kier molecular flexibility index (Phi) is 6.25. The van der Waals surface area contributed by atoms with Crippen LogP contribution < -0.4 is 5.32 Å². The molecule has 0 spiro atoms. The molecule has 1 amide bonds. The van der Waals surface area contributed by atoms with Crippen molar-refractivity contribution in [2.24, 2.45) is 0 Å². The molecule has 3 rings (SSSR count). The van der Waals surface area contributed by atoms with Gasteiger partial charge in [0.05, 0.1) is 29.0 Å². The molecule has 0 unspecified atom stereocenters. The van der Waals surface area contributed by atoms with Crippen LogP contribution in [0.25, 0.3) is 10.7 Å². The molecule has 0 atom stereocenters. The van der Waals surface area contributed by atoms with Gasteiger partial charge in [-0.25, -0.2) is 4.79 Å². The second-order valence-electron chi connectivity index (χ2n) is 5.40. The van der Waals surface area contributed by atoms with E-state index in [0.29, 0.717) is 23.0 Å². The smallest absolute Gasteiger partial charge is 0.339 e. The highest BCUT2D eigenvalue weighted by atomic mass is 32.2. The van der Waals surface area contributed by atoms with E-state index >= 15 is 0 Å². The Morgan fingerprint density at radius 1 is 1.22 bits per heavy atom. The summed E-state index contributed by atoms with van der Waals surface area (Å²) < 4.78 is 6.72. The second-order valence-corrected chi connectivity index (χ2v) is 7.29. The lowest BCUT2D eigenvalue weighted by molar-refractivity contribution is -0.113. The number of aromatic nitrogens is 3. The van der Waals surface area contributed by atoms with Gasteiger partial charge in [0.2, 0.25) is 5.91 Å². The molecule has 3 aromatic rings. The fraction of sp³-hybridized carbons (Fsp3) is 0.222. The zero-order valence-electron chi connectivity index (χ0n) is 14.8. The lowest BCUT2D eigenvalue weighted by Gasteiger charge is -2.10. The zero-order valence-corrected chi connectivity index (χ0v) is 16.5. The molecule has 0 saturated carbocycles. The van der Waals surface area contributed by atoms with Gasteiger partial charge in [-0.3, -0.25) is 4.79 Å². The van der Waals surface area contributed by atoms with Gasteiger partial charge in [-0.05, 0) is 30.5 Å². The van der Waals surface area contributed by atoms with Gasteiger partial charge in [0.25, 0.3) is 0 Å². The maximum atomic E-state index is 12.3. The molecule has 0 saturated heterocycles. The summed E-state index contributed by atoms with van der Waals surface area (Å²) >= 11 is 2.90. The third-order valence-electron chi connectivity index (χ3n) is 3.71. The highest BCUT2D eigenvalue weighted by Crippen LogP contribution is 2.27. The summed E-state index contributed by atoms with van der Waals surface area (Å²) in [6, 6.07) is 10.7. The zero-order chi connectivity index (χ0) is 19.2. The topological polar surface area (TPSA) is 86.1 Å². The first-order chi connectivity index (χ1) is 13.1. The predicted octanol–water partition coefficient (Wildman–Crippen LogP) is 3.54. The van der Waals surface area contributed by atoms with E-state index in [4.69, 9.17) is 4.74 Å². The number of ether oxygens (including phenoxy) is 1. The van der Waals surface area contributed by atoms with Crippen LogP contribution in [0, 0.1) is 0 Å². The van der Waals surface area contributed by atoms with Gasteiger partial charge in [-0.1, -0.05) is 30.0 Å². The molecule has 27 heavy (non-hydrogen) atoms. The van der Waals surface area contributed by atoms with Gasteiger partial charge in [0, 0.05) is 6.54 Å². The number of thiophene rings is 1. The molecule has 140 valence electrons. The van der Waals surface area contributed by atoms with E-state index < -0.39 is 5.97 Å². The van der Waals surface area contributed by atoms with Crippen molar-refractivity contribution in [3.05, 3.63) is 47.3 Å². The Bertz CT molecular complexity index is 938. The SMILES string of the molecule is CCn1c(SCC(=O)Nc2ccccc2C(=O)OC)nnc1-c1cccs1. The molecule has 0 fully saturated rings. The van der Waals surface area contributed by atoms with E-state index in [1.165, 1.54) is 18.9 Å². The van der Waals surface area contributed by atoms with Crippen molar-refractivity contribution in [3.63, 3.8) is 0 Å². The van der Waals surface area contributed by atoms with E-state index in [2.05, 4.69) is 15.5 Å². The maximum absolute atomic E-state index is 12.3. The van der Waals surface area contributed by atoms with E-state index in [1.807, 2.05) is 29.0 Å². The number of para-hydroxylation sites is 1. The van der Waals surface area contributed by atoms with Crippen molar-refractivity contribution < 1.29 is 14.3 Å². The second kappa shape index (κ2) is 8.83. The normalized spacial score (nSPS) is 10.6. The van der Waals surface area contributed by atoms with E-state index in [-0.39, 0.29) is 11.7 Å². The Morgan fingerprint density at radius 2 is 2.04 bits per heavy atom. The van der Waals surface area contributed by atoms with Gasteiger partial charge in [0.15, 0.2) is 11.0 Å². The first-order valence-corrected chi connectivity index (χ1v) is 10.1. The number of amides is 1. The van der Waals surface area contributed by atoms with Crippen LogP contribution in [-0.4, -0.2) is 39.5 Å². The third-order valence-corrected chi connectivity index (χ3v) is 5.55. The first-order valence-electron chi connectivity index (χ1n) is 8.21. The number of esters is 1. The summed E-state index contributed by atoms with van der Waals surface area (Å²) in [4.78, 5) is 25.2. The van der Waals surface area contributed by atoms with Crippen LogP contribution in [-0.2, 0) is 16.1 Å². The van der Waals surface area contributed by atoms with Crippen molar-refractivity contribution >= 4 is 40.7 Å². The number of anilines is 1. The number of carbonyl (C=O) groups excluding carboxylic acids is 2. The number of nitrogens with zero attached hydrogens (tertiary/aromatic N) is 3.